The minimum Gasteiger partial charge on any atom is -0.444 e. The SMILES string of the molecule is CC(C(=O)NC(C(=O)N1Cc2ccccc2CC1C=O)C(C)(C)C)N(C)C(=O)OC(C)(C)C. The molecule has 3 amide bonds. The summed E-state index contributed by atoms with van der Waals surface area (Å²) >= 11 is 0. The van der Waals surface area contributed by atoms with Crippen molar-refractivity contribution in [3.63, 3.8) is 0 Å². The molecule has 3 atom stereocenters. The summed E-state index contributed by atoms with van der Waals surface area (Å²) < 4.78 is 5.34. The van der Waals surface area contributed by atoms with Gasteiger partial charge in [0.2, 0.25) is 11.8 Å². The number of benzene rings is 1. The average Bonchev–Trinajstić information content (AvgIpc) is 2.72. The van der Waals surface area contributed by atoms with E-state index in [1.165, 1.54) is 16.8 Å². The molecule has 0 radical (unpaired) electrons. The van der Waals surface area contributed by atoms with Gasteiger partial charge in [0.1, 0.15) is 24.0 Å². The van der Waals surface area contributed by atoms with Gasteiger partial charge in [0, 0.05) is 20.0 Å². The number of nitrogens with one attached hydrogen (secondary N) is 1. The molecule has 8 nitrogen and oxygen atoms in total. The Morgan fingerprint density at radius 3 is 2.21 bits per heavy atom. The molecular weight excluding hydrogens is 422 g/mol. The van der Waals surface area contributed by atoms with E-state index < -0.39 is 41.1 Å². The van der Waals surface area contributed by atoms with Gasteiger partial charge in [-0.25, -0.2) is 4.79 Å². The molecule has 33 heavy (non-hydrogen) atoms. The Hall–Kier alpha value is -2.90. The minimum atomic E-state index is -0.882. The van der Waals surface area contributed by atoms with Gasteiger partial charge in [-0.05, 0) is 44.2 Å². The van der Waals surface area contributed by atoms with Crippen LogP contribution in [0.4, 0.5) is 4.79 Å². The minimum absolute atomic E-state index is 0.300. The highest BCUT2D eigenvalue weighted by molar-refractivity contribution is 5.92. The van der Waals surface area contributed by atoms with Gasteiger partial charge in [0.15, 0.2) is 0 Å². The van der Waals surface area contributed by atoms with E-state index in [0.29, 0.717) is 13.0 Å². The lowest BCUT2D eigenvalue weighted by atomic mass is 9.84. The van der Waals surface area contributed by atoms with Gasteiger partial charge < -0.3 is 19.7 Å². The van der Waals surface area contributed by atoms with E-state index in [2.05, 4.69) is 5.32 Å². The number of nitrogens with zero attached hydrogens (tertiary/aromatic N) is 2. The number of carbonyl (C=O) groups is 4. The summed E-state index contributed by atoms with van der Waals surface area (Å²) in [6.45, 7) is 12.7. The molecule has 182 valence electrons. The zero-order valence-corrected chi connectivity index (χ0v) is 21.0. The lowest BCUT2D eigenvalue weighted by Crippen LogP contribution is -2.60. The molecule has 0 spiro atoms. The van der Waals surface area contributed by atoms with Crippen molar-refractivity contribution in [2.24, 2.45) is 5.41 Å². The molecule has 2 rings (SSSR count). The van der Waals surface area contributed by atoms with Crippen LogP contribution < -0.4 is 5.32 Å². The van der Waals surface area contributed by atoms with Crippen LogP contribution in [0.25, 0.3) is 0 Å². The van der Waals surface area contributed by atoms with E-state index in [1.807, 2.05) is 45.0 Å². The zero-order valence-electron chi connectivity index (χ0n) is 21.0. The lowest BCUT2D eigenvalue weighted by molar-refractivity contribution is -0.144. The van der Waals surface area contributed by atoms with Crippen molar-refractivity contribution >= 4 is 24.2 Å². The third-order valence-electron chi connectivity index (χ3n) is 5.77. The Balaban J connectivity index is 2.22. The van der Waals surface area contributed by atoms with Crippen molar-refractivity contribution in [2.75, 3.05) is 7.05 Å². The average molecular weight is 460 g/mol. The Morgan fingerprint density at radius 1 is 1.12 bits per heavy atom. The smallest absolute Gasteiger partial charge is 0.410 e. The Labute approximate surface area is 196 Å². The van der Waals surface area contributed by atoms with Crippen LogP contribution >= 0.6 is 0 Å². The standard InChI is InChI=1S/C25H37N3O5/c1-16(27(8)23(32)33-25(5,6)7)21(30)26-20(24(2,3)4)22(31)28-14-18-12-10-9-11-17(18)13-19(28)15-29/h9-12,15-16,19-20H,13-14H2,1-8H3,(H,26,30). The first-order valence-corrected chi connectivity index (χ1v) is 11.2. The summed E-state index contributed by atoms with van der Waals surface area (Å²) in [5.74, 6) is -0.800. The van der Waals surface area contributed by atoms with E-state index >= 15 is 0 Å². The van der Waals surface area contributed by atoms with Crippen LogP contribution in [0.2, 0.25) is 0 Å². The number of fused-ring (bicyclic) bond motifs is 1. The number of ether oxygens (including phenoxy) is 1. The Bertz CT molecular complexity index is 900. The predicted octanol–water partition coefficient (Wildman–Crippen LogP) is 2.93. The van der Waals surface area contributed by atoms with Crippen LogP contribution in [0.1, 0.15) is 59.6 Å². The zero-order chi connectivity index (χ0) is 25.1. The molecule has 0 bridgehead atoms. The van der Waals surface area contributed by atoms with Crippen LogP contribution in [0.5, 0.6) is 0 Å². The lowest BCUT2D eigenvalue weighted by Gasteiger charge is -2.40. The largest absolute Gasteiger partial charge is 0.444 e. The number of carbonyl (C=O) groups excluding carboxylic acids is 4. The third-order valence-corrected chi connectivity index (χ3v) is 5.77. The molecule has 0 saturated carbocycles. The second-order valence-corrected chi connectivity index (χ2v) is 10.7. The maximum Gasteiger partial charge on any atom is 0.410 e. The van der Waals surface area contributed by atoms with Crippen LogP contribution in [0.15, 0.2) is 24.3 Å². The van der Waals surface area contributed by atoms with Crippen LogP contribution in [0.3, 0.4) is 0 Å². The van der Waals surface area contributed by atoms with Gasteiger partial charge in [-0.3, -0.25) is 14.5 Å². The van der Waals surface area contributed by atoms with E-state index in [0.717, 1.165) is 17.4 Å². The molecule has 1 aromatic carbocycles. The molecular formula is C25H37N3O5. The van der Waals surface area contributed by atoms with E-state index in [4.69, 9.17) is 4.74 Å². The maximum absolute atomic E-state index is 13.6. The normalized spacial score (nSPS) is 17.9. The molecule has 1 aliphatic rings. The summed E-state index contributed by atoms with van der Waals surface area (Å²) in [5.41, 5.74) is 0.713. The molecule has 1 N–H and O–H groups in total. The van der Waals surface area contributed by atoms with Gasteiger partial charge in [0.05, 0.1) is 6.04 Å². The molecule has 1 aromatic rings. The van der Waals surface area contributed by atoms with Crippen molar-refractivity contribution in [1.29, 1.82) is 0 Å². The summed E-state index contributed by atoms with van der Waals surface area (Å²) in [5, 5.41) is 2.83. The van der Waals surface area contributed by atoms with Gasteiger partial charge in [-0.2, -0.15) is 0 Å². The van der Waals surface area contributed by atoms with Crippen molar-refractivity contribution in [1.82, 2.24) is 15.1 Å². The molecule has 0 saturated heterocycles. The van der Waals surface area contributed by atoms with Crippen molar-refractivity contribution in [3.8, 4) is 0 Å². The van der Waals surface area contributed by atoms with Gasteiger partial charge >= 0.3 is 6.09 Å². The summed E-state index contributed by atoms with van der Waals surface area (Å²) in [6, 6.07) is 5.38. The topological polar surface area (TPSA) is 96.0 Å². The molecule has 0 fully saturated rings. The van der Waals surface area contributed by atoms with Crippen molar-refractivity contribution in [3.05, 3.63) is 35.4 Å². The van der Waals surface area contributed by atoms with E-state index in [9.17, 15) is 19.2 Å². The fraction of sp³-hybridized carbons (Fsp3) is 0.600. The van der Waals surface area contributed by atoms with E-state index in [-0.39, 0.29) is 5.91 Å². The molecule has 1 heterocycles. The number of hydrogen-bond acceptors (Lipinski definition) is 5. The fourth-order valence-electron chi connectivity index (χ4n) is 3.66. The first kappa shape index (κ1) is 26.4. The van der Waals surface area contributed by atoms with Gasteiger partial charge in [0.25, 0.3) is 0 Å². The van der Waals surface area contributed by atoms with Crippen molar-refractivity contribution < 1.29 is 23.9 Å². The Morgan fingerprint density at radius 2 is 1.70 bits per heavy atom. The maximum atomic E-state index is 13.6. The quantitative estimate of drug-likeness (QED) is 0.683. The first-order valence-electron chi connectivity index (χ1n) is 11.2. The highest BCUT2D eigenvalue weighted by Crippen LogP contribution is 2.27. The van der Waals surface area contributed by atoms with Crippen LogP contribution in [-0.4, -0.2) is 64.8 Å². The third kappa shape index (κ3) is 6.55. The number of likely N-dealkylation sites (N-methyl/N-ethyl adjacent to an activating group) is 1. The predicted molar refractivity (Wildman–Crippen MR) is 125 cm³/mol. The summed E-state index contributed by atoms with van der Waals surface area (Å²) in [7, 11) is 1.48. The number of hydrogen-bond donors (Lipinski definition) is 1. The molecule has 3 unspecified atom stereocenters. The fourth-order valence-corrected chi connectivity index (χ4v) is 3.66. The van der Waals surface area contributed by atoms with Crippen LogP contribution in [0, 0.1) is 5.41 Å². The molecule has 1 aliphatic heterocycles. The Kier molecular flexibility index (Phi) is 7.93. The summed E-state index contributed by atoms with van der Waals surface area (Å²) in [6.07, 6.45) is 0.597. The van der Waals surface area contributed by atoms with Gasteiger partial charge in [-0.1, -0.05) is 45.0 Å². The van der Waals surface area contributed by atoms with Crippen LogP contribution in [-0.2, 0) is 32.1 Å². The number of amides is 3. The van der Waals surface area contributed by atoms with Crippen molar-refractivity contribution in [2.45, 2.75) is 85.2 Å². The van der Waals surface area contributed by atoms with Gasteiger partial charge in [-0.15, -0.1) is 0 Å². The number of aldehydes is 1. The second-order valence-electron chi connectivity index (χ2n) is 10.7. The molecule has 8 heteroatoms. The van der Waals surface area contributed by atoms with E-state index in [1.54, 1.807) is 27.7 Å². The monoisotopic (exact) mass is 459 g/mol. The molecule has 0 aliphatic carbocycles. The first-order chi connectivity index (χ1) is 15.2. The molecule has 0 aromatic heterocycles. The highest BCUT2D eigenvalue weighted by atomic mass is 16.6. The number of rotatable bonds is 5. The summed E-state index contributed by atoms with van der Waals surface area (Å²) in [4.78, 5) is 53.6. The highest BCUT2D eigenvalue weighted by Gasteiger charge is 2.41. The second kappa shape index (κ2) is 9.93.